The fourth-order valence-electron chi connectivity index (χ4n) is 3.38. The van der Waals surface area contributed by atoms with Crippen molar-refractivity contribution in [2.45, 2.75) is 51.1 Å². The molecule has 4 rings (SSSR count). The molecule has 0 bridgehead atoms. The summed E-state index contributed by atoms with van der Waals surface area (Å²) in [7, 11) is 0. The highest BCUT2D eigenvalue weighted by atomic mass is 16.1. The van der Waals surface area contributed by atoms with Crippen LogP contribution in [0.2, 0.25) is 0 Å². The predicted octanol–water partition coefficient (Wildman–Crippen LogP) is 1.77. The highest BCUT2D eigenvalue weighted by Gasteiger charge is 2.21. The minimum Gasteiger partial charge on any atom is -0.364 e. The van der Waals surface area contributed by atoms with Gasteiger partial charge >= 0.3 is 0 Å². The van der Waals surface area contributed by atoms with Crippen LogP contribution in [0.15, 0.2) is 24.4 Å². The van der Waals surface area contributed by atoms with E-state index in [1.807, 2.05) is 0 Å². The number of amides is 1. The smallest absolute Gasteiger partial charge is 0.273 e. The number of hydrogen-bond donors (Lipinski definition) is 4. The number of carbonyl (C=O) groups excluding carboxylic acids is 1. The molecule has 152 valence electrons. The van der Waals surface area contributed by atoms with Gasteiger partial charge in [0.05, 0.1) is 8.26 Å². The molecule has 10 heteroatoms. The van der Waals surface area contributed by atoms with E-state index in [0.717, 1.165) is 30.4 Å². The molecule has 0 radical (unpaired) electrons. The van der Waals surface area contributed by atoms with E-state index in [4.69, 9.17) is 18.3 Å². The second-order valence-electron chi connectivity index (χ2n) is 7.04. The Hall–Kier alpha value is -3.27. The van der Waals surface area contributed by atoms with Crippen molar-refractivity contribution >= 4 is 34.3 Å². The van der Waals surface area contributed by atoms with Gasteiger partial charge in [0.2, 0.25) is 5.95 Å². The second kappa shape index (κ2) is 8.00. The zero-order valence-electron chi connectivity index (χ0n) is 20.6. The van der Waals surface area contributed by atoms with Crippen molar-refractivity contribution in [1.82, 2.24) is 25.0 Å². The van der Waals surface area contributed by atoms with Gasteiger partial charge in [0.1, 0.15) is 0 Å². The Morgan fingerprint density at radius 3 is 2.93 bits per heavy atom. The van der Waals surface area contributed by atoms with Gasteiger partial charge in [-0.25, -0.2) is 0 Å². The van der Waals surface area contributed by atoms with Crippen molar-refractivity contribution in [3.8, 4) is 0 Å². The second-order valence-corrected chi connectivity index (χ2v) is 7.04. The lowest BCUT2D eigenvalue weighted by molar-refractivity contribution is 0.0995. The average molecular weight is 401 g/mol. The maximum Gasteiger partial charge on any atom is 0.273 e. The summed E-state index contributed by atoms with van der Waals surface area (Å²) in [5.74, 6) is -0.465. The van der Waals surface area contributed by atoms with Gasteiger partial charge in [-0.05, 0) is 50.7 Å². The quantitative estimate of drug-likeness (QED) is 0.489. The van der Waals surface area contributed by atoms with Gasteiger partial charge in [-0.15, -0.1) is 10.2 Å². The minimum absolute atomic E-state index is 0.0991. The third kappa shape index (κ3) is 4.27. The number of primary amides is 1. The SMILES string of the molecule is [2H]C([2H])([2H])C([2H])([2H])n1cc2cc(Nc3nc(NC4CCC(N)CC4)nnc3C(N)=O)ccc2n1. The zero-order valence-corrected chi connectivity index (χ0v) is 15.6. The molecule has 0 atom stereocenters. The maximum absolute atomic E-state index is 11.9. The molecule has 10 nitrogen and oxygen atoms in total. The summed E-state index contributed by atoms with van der Waals surface area (Å²) in [6.07, 6.45) is 4.83. The number of rotatable bonds is 6. The van der Waals surface area contributed by atoms with Gasteiger partial charge < -0.3 is 22.1 Å². The molecule has 1 aliphatic rings. The van der Waals surface area contributed by atoms with Crippen LogP contribution in [0.25, 0.3) is 10.9 Å². The van der Waals surface area contributed by atoms with E-state index in [1.54, 1.807) is 18.2 Å². The standard InChI is InChI=1S/C19H25N9O/c1-2-28-10-11-9-14(7-8-15(11)27-28)22-18-16(17(21)29)25-26-19(24-18)23-13-5-3-12(20)4-6-13/h7-10,12-13H,2-6,20H2,1H3,(H2,21,29)(H2,22,23,24,26)/i1D3,2D2. The molecule has 2 aromatic heterocycles. The number of aryl methyl sites for hydroxylation is 1. The molecule has 1 saturated carbocycles. The highest BCUT2D eigenvalue weighted by Crippen LogP contribution is 2.24. The molecule has 6 N–H and O–H groups in total. The van der Waals surface area contributed by atoms with Crippen molar-refractivity contribution in [2.24, 2.45) is 11.5 Å². The number of nitrogens with zero attached hydrogens (tertiary/aromatic N) is 5. The summed E-state index contributed by atoms with van der Waals surface area (Å²) in [6.45, 7) is -5.58. The summed E-state index contributed by atoms with van der Waals surface area (Å²) in [4.78, 5) is 16.2. The van der Waals surface area contributed by atoms with E-state index < -0.39 is 19.3 Å². The number of hydrogen-bond acceptors (Lipinski definition) is 8. The molecule has 0 aliphatic heterocycles. The van der Waals surface area contributed by atoms with E-state index in [0.29, 0.717) is 16.6 Å². The molecule has 0 unspecified atom stereocenters. The molecular weight excluding hydrogens is 370 g/mol. The van der Waals surface area contributed by atoms with Crippen molar-refractivity contribution in [3.63, 3.8) is 0 Å². The molecule has 1 amide bonds. The van der Waals surface area contributed by atoms with Crippen molar-refractivity contribution in [1.29, 1.82) is 0 Å². The van der Waals surface area contributed by atoms with E-state index in [-0.39, 0.29) is 29.5 Å². The normalized spacial score (nSPS) is 22.7. The highest BCUT2D eigenvalue weighted by molar-refractivity contribution is 5.96. The number of nitrogens with two attached hydrogens (primary N) is 2. The monoisotopic (exact) mass is 400 g/mol. The van der Waals surface area contributed by atoms with Crippen molar-refractivity contribution < 1.29 is 11.6 Å². The van der Waals surface area contributed by atoms with E-state index >= 15 is 0 Å². The lowest BCUT2D eigenvalue weighted by atomic mass is 9.92. The number of nitrogens with one attached hydrogen (secondary N) is 2. The molecule has 2 heterocycles. The first-order valence-electron chi connectivity index (χ1n) is 11.8. The number of carbonyl (C=O) groups is 1. The van der Waals surface area contributed by atoms with Gasteiger partial charge in [0.25, 0.3) is 5.91 Å². The molecular formula is C19H25N9O. The summed E-state index contributed by atoms with van der Waals surface area (Å²) >= 11 is 0. The number of anilines is 3. The fourth-order valence-corrected chi connectivity index (χ4v) is 3.38. The first-order chi connectivity index (χ1) is 15.9. The Bertz CT molecular complexity index is 1200. The van der Waals surface area contributed by atoms with Crippen LogP contribution in [-0.4, -0.2) is 43.0 Å². The Kier molecular flexibility index (Phi) is 3.81. The van der Waals surface area contributed by atoms with Gasteiger partial charge in [0, 0.05) is 40.0 Å². The fraction of sp³-hybridized carbons (Fsp3) is 0.421. The number of fused-ring (bicyclic) bond motifs is 1. The van der Waals surface area contributed by atoms with Crippen LogP contribution in [0.4, 0.5) is 17.5 Å². The lowest BCUT2D eigenvalue weighted by Gasteiger charge is -2.26. The summed E-state index contributed by atoms with van der Waals surface area (Å²) in [5.41, 5.74) is 12.1. The minimum atomic E-state index is -2.90. The van der Waals surface area contributed by atoms with Crippen LogP contribution in [-0.2, 0) is 6.50 Å². The Morgan fingerprint density at radius 1 is 1.34 bits per heavy atom. The van der Waals surface area contributed by atoms with Gasteiger partial charge in [-0.2, -0.15) is 10.1 Å². The summed E-state index contributed by atoms with van der Waals surface area (Å²) in [5, 5.41) is 18.6. The molecule has 3 aromatic rings. The van der Waals surface area contributed by atoms with Crippen LogP contribution in [0, 0.1) is 0 Å². The first-order valence-corrected chi connectivity index (χ1v) is 9.27. The predicted molar refractivity (Wildman–Crippen MR) is 111 cm³/mol. The van der Waals surface area contributed by atoms with Crippen molar-refractivity contribution in [2.75, 3.05) is 10.6 Å². The third-order valence-corrected chi connectivity index (χ3v) is 4.91. The van der Waals surface area contributed by atoms with Crippen LogP contribution >= 0.6 is 0 Å². The van der Waals surface area contributed by atoms with Gasteiger partial charge in [0.15, 0.2) is 11.5 Å². The average Bonchev–Trinajstić information content (AvgIpc) is 3.19. The first kappa shape index (κ1) is 13.8. The largest absolute Gasteiger partial charge is 0.364 e. The third-order valence-electron chi connectivity index (χ3n) is 4.91. The van der Waals surface area contributed by atoms with Crippen LogP contribution < -0.4 is 22.1 Å². The zero-order chi connectivity index (χ0) is 24.7. The molecule has 1 fully saturated rings. The molecule has 1 aliphatic carbocycles. The van der Waals surface area contributed by atoms with E-state index in [2.05, 4.69) is 30.9 Å². The number of aromatic nitrogens is 5. The maximum atomic E-state index is 11.9. The van der Waals surface area contributed by atoms with Gasteiger partial charge in [-0.3, -0.25) is 9.48 Å². The lowest BCUT2D eigenvalue weighted by Crippen LogP contribution is -2.33. The topological polar surface area (TPSA) is 150 Å². The summed E-state index contributed by atoms with van der Waals surface area (Å²) < 4.78 is 38.9. The molecule has 29 heavy (non-hydrogen) atoms. The number of benzene rings is 1. The van der Waals surface area contributed by atoms with E-state index in [9.17, 15) is 4.79 Å². The van der Waals surface area contributed by atoms with Crippen LogP contribution in [0.5, 0.6) is 0 Å². The van der Waals surface area contributed by atoms with Crippen LogP contribution in [0.1, 0.15) is 49.9 Å². The Morgan fingerprint density at radius 2 is 2.17 bits per heavy atom. The van der Waals surface area contributed by atoms with Crippen LogP contribution in [0.3, 0.4) is 0 Å². The van der Waals surface area contributed by atoms with Gasteiger partial charge in [-0.1, -0.05) is 0 Å². The Balaban J connectivity index is 1.60. The summed E-state index contributed by atoms with van der Waals surface area (Å²) in [6, 6.07) is 5.18. The molecule has 0 saturated heterocycles. The van der Waals surface area contributed by atoms with E-state index in [1.165, 1.54) is 6.20 Å². The molecule has 1 aromatic carbocycles. The Labute approximate surface area is 175 Å². The molecule has 0 spiro atoms. The van der Waals surface area contributed by atoms with Crippen molar-refractivity contribution in [3.05, 3.63) is 30.1 Å².